The lowest BCUT2D eigenvalue weighted by molar-refractivity contribution is -0.121. The van der Waals surface area contributed by atoms with Gasteiger partial charge in [0.25, 0.3) is 0 Å². The first-order chi connectivity index (χ1) is 13.5. The Morgan fingerprint density at radius 2 is 2.07 bits per heavy atom. The molecule has 0 unspecified atom stereocenters. The Kier molecular flexibility index (Phi) is 6.18. The number of fused-ring (bicyclic) bond motifs is 1. The number of piperidine rings is 1. The third-order valence-electron chi connectivity index (χ3n) is 5.23. The molecule has 2 N–H and O–H groups in total. The van der Waals surface area contributed by atoms with Crippen molar-refractivity contribution in [3.63, 3.8) is 0 Å². The second kappa shape index (κ2) is 8.77. The first-order valence-corrected chi connectivity index (χ1v) is 9.38. The monoisotopic (exact) mass is 386 g/mol. The summed E-state index contributed by atoms with van der Waals surface area (Å²) in [5.41, 5.74) is 0. The van der Waals surface area contributed by atoms with Gasteiger partial charge in [0.1, 0.15) is 18.1 Å². The molecule has 2 heterocycles. The van der Waals surface area contributed by atoms with Gasteiger partial charge >= 0.3 is 6.09 Å². The van der Waals surface area contributed by atoms with Gasteiger partial charge in [-0.25, -0.2) is 9.78 Å². The Morgan fingerprint density at radius 1 is 1.32 bits per heavy atom. The zero-order valence-electron chi connectivity index (χ0n) is 16.2. The van der Waals surface area contributed by atoms with Crippen LogP contribution in [0.15, 0.2) is 30.5 Å². The van der Waals surface area contributed by atoms with E-state index in [2.05, 4.69) is 15.2 Å². The first kappa shape index (κ1) is 19.7. The third-order valence-corrected chi connectivity index (χ3v) is 5.23. The van der Waals surface area contributed by atoms with Crippen LogP contribution in [0.4, 0.5) is 10.6 Å². The zero-order chi connectivity index (χ0) is 20.1. The lowest BCUT2D eigenvalue weighted by Crippen LogP contribution is -2.44. The molecule has 150 valence electrons. The molecule has 2 aromatic rings. The average Bonchev–Trinajstić information content (AvgIpc) is 2.72. The lowest BCUT2D eigenvalue weighted by atomic mass is 9.96. The van der Waals surface area contributed by atoms with Gasteiger partial charge in [-0.1, -0.05) is 0 Å². The molecule has 0 saturated carbocycles. The van der Waals surface area contributed by atoms with Crippen LogP contribution in [-0.4, -0.2) is 67.3 Å². The van der Waals surface area contributed by atoms with E-state index >= 15 is 0 Å². The summed E-state index contributed by atoms with van der Waals surface area (Å²) >= 11 is 0. The van der Waals surface area contributed by atoms with Crippen molar-refractivity contribution >= 4 is 28.6 Å². The molecule has 1 aliphatic rings. The van der Waals surface area contributed by atoms with E-state index in [4.69, 9.17) is 4.74 Å². The summed E-state index contributed by atoms with van der Waals surface area (Å²) in [4.78, 5) is 31.0. The van der Waals surface area contributed by atoms with Gasteiger partial charge in [-0.2, -0.15) is 0 Å². The number of carbonyl (C=O) groups excluding carboxylic acids is 1. The molecule has 8 heteroatoms. The highest BCUT2D eigenvalue weighted by atomic mass is 16.5. The predicted octanol–water partition coefficient (Wildman–Crippen LogP) is 2.19. The minimum absolute atomic E-state index is 0.126. The van der Waals surface area contributed by atoms with Crippen molar-refractivity contribution < 1.29 is 19.4 Å². The van der Waals surface area contributed by atoms with E-state index in [9.17, 15) is 14.7 Å². The molecule has 1 fully saturated rings. The van der Waals surface area contributed by atoms with Crippen molar-refractivity contribution in [3.05, 3.63) is 30.5 Å². The van der Waals surface area contributed by atoms with Gasteiger partial charge in [0.05, 0.1) is 7.11 Å². The van der Waals surface area contributed by atoms with E-state index < -0.39 is 6.09 Å². The predicted molar refractivity (Wildman–Crippen MR) is 107 cm³/mol. The fourth-order valence-electron chi connectivity index (χ4n) is 3.62. The van der Waals surface area contributed by atoms with Crippen molar-refractivity contribution in [1.29, 1.82) is 0 Å². The van der Waals surface area contributed by atoms with Crippen LogP contribution in [-0.2, 0) is 4.79 Å². The topological polar surface area (TPSA) is 95.0 Å². The van der Waals surface area contributed by atoms with E-state index in [1.165, 1.54) is 11.9 Å². The number of pyridine rings is 1. The number of nitrogens with one attached hydrogen (secondary N) is 1. The van der Waals surface area contributed by atoms with E-state index in [-0.39, 0.29) is 18.4 Å². The summed E-state index contributed by atoms with van der Waals surface area (Å²) < 4.78 is 5.30. The van der Waals surface area contributed by atoms with E-state index in [1.807, 2.05) is 24.3 Å². The first-order valence-electron chi connectivity index (χ1n) is 9.38. The molecular weight excluding hydrogens is 360 g/mol. The van der Waals surface area contributed by atoms with Crippen molar-refractivity contribution in [2.45, 2.75) is 12.8 Å². The number of anilines is 1. The standard InChI is InChI=1S/C20H26N4O4/c1-21-18(25)13-24(20(26)27)12-14-6-9-23(10-7-14)19-17-4-3-16(28-2)11-15(17)5-8-22-19/h3-5,8,11,14H,6-7,9-10,12-13H2,1-2H3,(H,21,25)(H,26,27). The maximum absolute atomic E-state index is 11.5. The molecule has 1 aromatic carbocycles. The van der Waals surface area contributed by atoms with Gasteiger partial charge in [-0.15, -0.1) is 0 Å². The van der Waals surface area contributed by atoms with Crippen LogP contribution < -0.4 is 15.0 Å². The number of likely N-dealkylation sites (N-methyl/N-ethyl adjacent to an activating group) is 1. The molecule has 8 nitrogen and oxygen atoms in total. The molecule has 1 aromatic heterocycles. The minimum Gasteiger partial charge on any atom is -0.497 e. The molecule has 0 spiro atoms. The normalized spacial score (nSPS) is 14.7. The van der Waals surface area contributed by atoms with Crippen molar-refractivity contribution in [2.75, 3.05) is 45.2 Å². The molecule has 0 radical (unpaired) electrons. The van der Waals surface area contributed by atoms with E-state index in [1.54, 1.807) is 13.3 Å². The number of aromatic nitrogens is 1. The lowest BCUT2D eigenvalue weighted by Gasteiger charge is -2.35. The maximum atomic E-state index is 11.5. The zero-order valence-corrected chi connectivity index (χ0v) is 16.2. The summed E-state index contributed by atoms with van der Waals surface area (Å²) in [6.07, 6.45) is 2.45. The highest BCUT2D eigenvalue weighted by Gasteiger charge is 2.25. The van der Waals surface area contributed by atoms with Crippen molar-refractivity contribution in [2.24, 2.45) is 5.92 Å². The van der Waals surface area contributed by atoms with Crippen LogP contribution >= 0.6 is 0 Å². The number of rotatable bonds is 6. The largest absolute Gasteiger partial charge is 0.497 e. The molecule has 1 saturated heterocycles. The number of methoxy groups -OCH3 is 1. The Balaban J connectivity index is 1.66. The summed E-state index contributed by atoms with van der Waals surface area (Å²) in [6, 6.07) is 7.93. The summed E-state index contributed by atoms with van der Waals surface area (Å²) in [7, 11) is 3.16. The summed E-state index contributed by atoms with van der Waals surface area (Å²) in [5.74, 6) is 1.69. The van der Waals surface area contributed by atoms with Crippen LogP contribution in [0.1, 0.15) is 12.8 Å². The Hall–Kier alpha value is -3.03. The molecule has 0 aliphatic carbocycles. The van der Waals surface area contributed by atoms with Crippen LogP contribution in [0.2, 0.25) is 0 Å². The summed E-state index contributed by atoms with van der Waals surface area (Å²) in [6.45, 7) is 1.85. The SMILES string of the molecule is CNC(=O)CN(CC1CCN(c2nccc3cc(OC)ccc23)CC1)C(=O)O. The smallest absolute Gasteiger partial charge is 0.407 e. The Labute approximate surface area is 164 Å². The number of carbonyl (C=O) groups is 2. The molecule has 1 aliphatic heterocycles. The molecule has 0 atom stereocenters. The maximum Gasteiger partial charge on any atom is 0.407 e. The number of hydrogen-bond donors (Lipinski definition) is 2. The number of ether oxygens (including phenoxy) is 1. The van der Waals surface area contributed by atoms with Crippen LogP contribution in [0.5, 0.6) is 5.75 Å². The number of amides is 2. The quantitative estimate of drug-likeness (QED) is 0.790. The van der Waals surface area contributed by atoms with Crippen molar-refractivity contribution in [3.8, 4) is 5.75 Å². The van der Waals surface area contributed by atoms with Crippen molar-refractivity contribution in [1.82, 2.24) is 15.2 Å². The summed E-state index contributed by atoms with van der Waals surface area (Å²) in [5, 5.41) is 14.0. The fourth-order valence-corrected chi connectivity index (χ4v) is 3.62. The fraction of sp³-hybridized carbons (Fsp3) is 0.450. The third kappa shape index (κ3) is 4.44. The van der Waals surface area contributed by atoms with Gasteiger partial charge in [0.15, 0.2) is 0 Å². The molecular formula is C20H26N4O4. The van der Waals surface area contributed by atoms with Gasteiger partial charge in [-0.3, -0.25) is 9.69 Å². The number of nitrogens with zero attached hydrogens (tertiary/aromatic N) is 3. The van der Waals surface area contributed by atoms with Crippen LogP contribution in [0, 0.1) is 5.92 Å². The minimum atomic E-state index is -1.06. The average molecular weight is 386 g/mol. The van der Waals surface area contributed by atoms with Crippen LogP contribution in [0.25, 0.3) is 10.8 Å². The highest BCUT2D eigenvalue weighted by Crippen LogP contribution is 2.30. The van der Waals surface area contributed by atoms with Gasteiger partial charge < -0.3 is 20.1 Å². The number of hydrogen-bond acceptors (Lipinski definition) is 5. The highest BCUT2D eigenvalue weighted by molar-refractivity contribution is 5.93. The number of carboxylic acid groups (broad SMARTS) is 1. The Morgan fingerprint density at radius 3 is 2.71 bits per heavy atom. The van der Waals surface area contributed by atoms with Gasteiger partial charge in [0.2, 0.25) is 5.91 Å². The van der Waals surface area contributed by atoms with Crippen LogP contribution in [0.3, 0.4) is 0 Å². The van der Waals surface area contributed by atoms with E-state index in [0.29, 0.717) is 6.54 Å². The number of benzene rings is 1. The molecule has 3 rings (SSSR count). The molecule has 0 bridgehead atoms. The van der Waals surface area contributed by atoms with Gasteiger partial charge in [-0.05, 0) is 48.4 Å². The van der Waals surface area contributed by atoms with Gasteiger partial charge in [0, 0.05) is 38.3 Å². The molecule has 28 heavy (non-hydrogen) atoms. The second-order valence-corrected chi connectivity index (χ2v) is 6.99. The molecule has 2 amide bonds. The Bertz CT molecular complexity index is 849. The second-order valence-electron chi connectivity index (χ2n) is 6.99. The van der Waals surface area contributed by atoms with E-state index in [0.717, 1.165) is 48.3 Å².